The Labute approximate surface area is 99.8 Å². The molecule has 0 aromatic carbocycles. The highest BCUT2D eigenvalue weighted by molar-refractivity contribution is 6.61. The second kappa shape index (κ2) is 8.80. The number of ether oxygens (including phenoxy) is 2. The van der Waals surface area contributed by atoms with Crippen LogP contribution in [-0.4, -0.2) is 23.1 Å². The summed E-state index contributed by atoms with van der Waals surface area (Å²) in [5, 5.41) is 0. The average Bonchev–Trinajstić information content (AvgIpc) is 1.96. The van der Waals surface area contributed by atoms with E-state index in [0.717, 1.165) is 6.42 Å². The summed E-state index contributed by atoms with van der Waals surface area (Å²) in [7, 11) is 0. The molecule has 6 heteroatoms. The minimum Gasteiger partial charge on any atom is -0.454 e. The summed E-state index contributed by atoms with van der Waals surface area (Å²) in [6.45, 7) is 7.59. The molecule has 0 radical (unpaired) electrons. The molecule has 0 heterocycles. The van der Waals surface area contributed by atoms with Gasteiger partial charge in [-0.3, -0.25) is 0 Å². The minimum absolute atomic E-state index is 0.419. The van der Waals surface area contributed by atoms with E-state index in [1.807, 2.05) is 6.92 Å². The van der Waals surface area contributed by atoms with Crippen molar-refractivity contribution in [2.24, 2.45) is 0 Å². The molecule has 0 bridgehead atoms. The molecule has 0 atom stereocenters. The first-order chi connectivity index (χ1) is 6.69. The van der Waals surface area contributed by atoms with Crippen LogP contribution in [0.5, 0.6) is 0 Å². The third kappa shape index (κ3) is 24.7. The van der Waals surface area contributed by atoms with Crippen molar-refractivity contribution in [1.29, 1.82) is 0 Å². The number of carbonyl (C=O) groups is 2. The molecule has 0 fully saturated rings. The highest BCUT2D eigenvalue weighted by Crippen LogP contribution is 2.08. The lowest BCUT2D eigenvalue weighted by Crippen LogP contribution is -2.20. The van der Waals surface area contributed by atoms with E-state index in [2.05, 4.69) is 9.47 Å². The Morgan fingerprint density at radius 1 is 1.13 bits per heavy atom. The molecule has 0 aliphatic rings. The number of hydrogen-bond donors (Lipinski definition) is 0. The van der Waals surface area contributed by atoms with Gasteiger partial charge in [0.25, 0.3) is 0 Å². The molecule has 0 aromatic heterocycles. The Balaban J connectivity index is 0. The van der Waals surface area contributed by atoms with E-state index in [9.17, 15) is 9.59 Å². The van der Waals surface area contributed by atoms with E-state index in [1.54, 1.807) is 20.8 Å². The van der Waals surface area contributed by atoms with Gasteiger partial charge < -0.3 is 9.47 Å². The second-order valence-corrected chi connectivity index (χ2v) is 4.16. The van der Waals surface area contributed by atoms with E-state index in [0.29, 0.717) is 6.61 Å². The molecule has 0 saturated heterocycles. The normalized spacial score (nSPS) is 9.73. The number of rotatable bonds is 2. The molecule has 0 rings (SSSR count). The van der Waals surface area contributed by atoms with Crippen LogP contribution >= 0.6 is 23.2 Å². The van der Waals surface area contributed by atoms with Gasteiger partial charge in [-0.05, 0) is 27.2 Å². The molecule has 0 N–H and O–H groups in total. The number of carbonyl (C=O) groups excluding carboxylic acids is 2. The van der Waals surface area contributed by atoms with Crippen molar-refractivity contribution in [3.63, 3.8) is 0 Å². The zero-order chi connectivity index (χ0) is 12.5. The Hall–Kier alpha value is -0.480. The van der Waals surface area contributed by atoms with E-state index in [1.165, 1.54) is 0 Å². The Morgan fingerprint density at radius 3 is 1.67 bits per heavy atom. The van der Waals surface area contributed by atoms with Gasteiger partial charge in [0.15, 0.2) is 0 Å². The molecule has 0 aliphatic carbocycles. The molecular weight excluding hydrogens is 243 g/mol. The maximum atomic E-state index is 10.0. The van der Waals surface area contributed by atoms with Crippen LogP contribution in [0.25, 0.3) is 0 Å². The first kappa shape index (κ1) is 16.9. The van der Waals surface area contributed by atoms with Crippen LogP contribution in [0.15, 0.2) is 0 Å². The molecule has 0 amide bonds. The van der Waals surface area contributed by atoms with Crippen molar-refractivity contribution in [2.45, 2.75) is 39.7 Å². The van der Waals surface area contributed by atoms with Gasteiger partial charge in [0, 0.05) is 23.2 Å². The fourth-order valence-corrected chi connectivity index (χ4v) is 0.732. The summed E-state index contributed by atoms with van der Waals surface area (Å²) in [5.74, 6) is 0. The molecule has 0 unspecified atom stereocenters. The number of hydrogen-bond acceptors (Lipinski definition) is 4. The molecular formula is C9H16Cl2O4. The third-order valence-electron chi connectivity index (χ3n) is 0.806. The average molecular weight is 259 g/mol. The van der Waals surface area contributed by atoms with Crippen LogP contribution in [0.4, 0.5) is 9.59 Å². The first-order valence-corrected chi connectivity index (χ1v) is 5.15. The van der Waals surface area contributed by atoms with Crippen molar-refractivity contribution >= 4 is 34.1 Å². The molecule has 0 saturated carbocycles. The maximum Gasteiger partial charge on any atom is 0.404 e. The van der Waals surface area contributed by atoms with Crippen molar-refractivity contribution in [2.75, 3.05) is 6.61 Å². The molecule has 90 valence electrons. The van der Waals surface area contributed by atoms with Crippen LogP contribution in [0.1, 0.15) is 34.1 Å². The predicted molar refractivity (Wildman–Crippen MR) is 59.6 cm³/mol. The third-order valence-corrected chi connectivity index (χ3v) is 0.992. The van der Waals surface area contributed by atoms with Gasteiger partial charge in [0.1, 0.15) is 5.60 Å². The zero-order valence-corrected chi connectivity index (χ0v) is 10.8. The van der Waals surface area contributed by atoms with E-state index >= 15 is 0 Å². The lowest BCUT2D eigenvalue weighted by atomic mass is 10.2. The first-order valence-electron chi connectivity index (χ1n) is 4.39. The van der Waals surface area contributed by atoms with Gasteiger partial charge >= 0.3 is 10.9 Å². The van der Waals surface area contributed by atoms with Gasteiger partial charge in [-0.2, -0.15) is 0 Å². The predicted octanol–water partition coefficient (Wildman–Crippen LogP) is 3.93. The smallest absolute Gasteiger partial charge is 0.404 e. The highest BCUT2D eigenvalue weighted by atomic mass is 35.5. The van der Waals surface area contributed by atoms with Gasteiger partial charge in [0.05, 0.1) is 6.61 Å². The lowest BCUT2D eigenvalue weighted by Gasteiger charge is -2.16. The molecule has 15 heavy (non-hydrogen) atoms. The standard InChI is InChI=1S/C5H9ClO2.C4H7ClO2/c1-5(2,3)8-4(6)7;1-2-3-7-4(5)6/h1-3H3;2-3H2,1H3. The van der Waals surface area contributed by atoms with Crippen molar-refractivity contribution in [3.8, 4) is 0 Å². The van der Waals surface area contributed by atoms with Gasteiger partial charge in [-0.15, -0.1) is 0 Å². The summed E-state index contributed by atoms with van der Waals surface area (Å²) in [6.07, 6.45) is 0.818. The fraction of sp³-hybridized carbons (Fsp3) is 0.778. The van der Waals surface area contributed by atoms with Crippen molar-refractivity contribution < 1.29 is 19.1 Å². The topological polar surface area (TPSA) is 52.6 Å². The second-order valence-electron chi connectivity index (χ2n) is 3.54. The van der Waals surface area contributed by atoms with E-state index in [-0.39, 0.29) is 0 Å². The van der Waals surface area contributed by atoms with E-state index in [4.69, 9.17) is 23.2 Å². The Kier molecular flexibility index (Phi) is 9.93. The SMILES string of the molecule is CC(C)(C)OC(=O)Cl.CCCOC(=O)Cl. The maximum absolute atomic E-state index is 10.0. The van der Waals surface area contributed by atoms with Crippen LogP contribution in [0.2, 0.25) is 0 Å². The summed E-state index contributed by atoms with van der Waals surface area (Å²) >= 11 is 9.70. The minimum atomic E-state index is -0.752. The van der Waals surface area contributed by atoms with Gasteiger partial charge in [-0.25, -0.2) is 9.59 Å². The Morgan fingerprint density at radius 2 is 1.60 bits per heavy atom. The fourth-order valence-electron chi connectivity index (χ4n) is 0.423. The molecule has 0 spiro atoms. The van der Waals surface area contributed by atoms with Crippen molar-refractivity contribution in [1.82, 2.24) is 0 Å². The monoisotopic (exact) mass is 258 g/mol. The largest absolute Gasteiger partial charge is 0.454 e. The summed E-state index contributed by atoms with van der Waals surface area (Å²) < 4.78 is 8.88. The summed E-state index contributed by atoms with van der Waals surface area (Å²) in [4.78, 5) is 19.7. The van der Waals surface area contributed by atoms with Crippen LogP contribution in [0.3, 0.4) is 0 Å². The van der Waals surface area contributed by atoms with Gasteiger partial charge in [-0.1, -0.05) is 6.92 Å². The lowest BCUT2D eigenvalue weighted by molar-refractivity contribution is 0.0725. The number of halogens is 2. The van der Waals surface area contributed by atoms with Crippen LogP contribution in [0, 0.1) is 0 Å². The van der Waals surface area contributed by atoms with E-state index < -0.39 is 16.5 Å². The summed E-state index contributed by atoms with van der Waals surface area (Å²) in [5.41, 5.74) is -1.93. The zero-order valence-electron chi connectivity index (χ0n) is 9.30. The molecule has 0 aromatic rings. The van der Waals surface area contributed by atoms with Crippen LogP contribution in [-0.2, 0) is 9.47 Å². The quantitative estimate of drug-likeness (QED) is 0.705. The summed E-state index contributed by atoms with van der Waals surface area (Å²) in [6, 6.07) is 0. The molecule has 0 aliphatic heterocycles. The van der Waals surface area contributed by atoms with Gasteiger partial charge in [0.2, 0.25) is 0 Å². The Bertz CT molecular complexity index is 199. The van der Waals surface area contributed by atoms with Crippen LogP contribution < -0.4 is 0 Å². The van der Waals surface area contributed by atoms with Crippen molar-refractivity contribution in [3.05, 3.63) is 0 Å². The molecule has 4 nitrogen and oxygen atoms in total. The highest BCUT2D eigenvalue weighted by Gasteiger charge is 2.13.